The number of nitrogens with zero attached hydrogens (tertiary/aromatic N) is 1. The number of hydrogen-bond acceptors (Lipinski definition) is 4. The third-order valence-corrected chi connectivity index (χ3v) is 5.63. The van der Waals surface area contributed by atoms with Gasteiger partial charge in [0.2, 0.25) is 15.9 Å². The molecule has 0 saturated carbocycles. The van der Waals surface area contributed by atoms with Gasteiger partial charge < -0.3 is 10.1 Å². The lowest BCUT2D eigenvalue weighted by Crippen LogP contribution is -2.46. The van der Waals surface area contributed by atoms with Crippen molar-refractivity contribution >= 4 is 26.7 Å². The van der Waals surface area contributed by atoms with Crippen molar-refractivity contribution in [2.75, 3.05) is 26.0 Å². The Balaban J connectivity index is 1.54. The number of fused-ring (bicyclic) bond motifs is 1. The molecule has 0 spiro atoms. The zero-order valence-corrected chi connectivity index (χ0v) is 15.0. The van der Waals surface area contributed by atoms with Gasteiger partial charge in [0.05, 0.1) is 12.8 Å². The molecule has 1 fully saturated rings. The van der Waals surface area contributed by atoms with Crippen LogP contribution in [0.15, 0.2) is 42.5 Å². The highest BCUT2D eigenvalue weighted by Crippen LogP contribution is 2.25. The largest absolute Gasteiger partial charge is 0.491 e. The van der Waals surface area contributed by atoms with Gasteiger partial charge in [-0.05, 0) is 24.3 Å². The second-order valence-corrected chi connectivity index (χ2v) is 8.08. The van der Waals surface area contributed by atoms with E-state index in [1.54, 1.807) is 0 Å². The standard InChI is InChI=1S/C18H22N2O4S/c1-25(22,23)20-12-5-9-16(20)18(21)19-11-13-24-17-10-4-7-14-6-2-3-8-15(14)17/h2-4,6-8,10,16H,5,9,11-13H2,1H3,(H,19,21). The predicted molar refractivity (Wildman–Crippen MR) is 97.0 cm³/mol. The summed E-state index contributed by atoms with van der Waals surface area (Å²) in [5.41, 5.74) is 0. The first-order chi connectivity index (χ1) is 12.0. The zero-order chi connectivity index (χ0) is 17.9. The minimum absolute atomic E-state index is 0.260. The second kappa shape index (κ2) is 7.41. The van der Waals surface area contributed by atoms with Gasteiger partial charge in [-0.3, -0.25) is 4.79 Å². The summed E-state index contributed by atoms with van der Waals surface area (Å²) in [6, 6.07) is 13.2. The molecule has 0 aromatic heterocycles. The lowest BCUT2D eigenvalue weighted by atomic mass is 10.1. The van der Waals surface area contributed by atoms with E-state index >= 15 is 0 Å². The number of benzene rings is 2. The van der Waals surface area contributed by atoms with Gasteiger partial charge in [0.1, 0.15) is 18.4 Å². The van der Waals surface area contributed by atoms with E-state index in [9.17, 15) is 13.2 Å². The van der Waals surface area contributed by atoms with Gasteiger partial charge >= 0.3 is 0 Å². The minimum atomic E-state index is -3.35. The van der Waals surface area contributed by atoms with Gasteiger partial charge in [-0.1, -0.05) is 36.4 Å². The van der Waals surface area contributed by atoms with E-state index in [0.717, 1.165) is 22.8 Å². The van der Waals surface area contributed by atoms with Crippen LogP contribution in [0.25, 0.3) is 10.8 Å². The van der Waals surface area contributed by atoms with E-state index in [1.165, 1.54) is 4.31 Å². The van der Waals surface area contributed by atoms with Gasteiger partial charge in [-0.25, -0.2) is 8.42 Å². The van der Waals surface area contributed by atoms with Crippen LogP contribution in [0.4, 0.5) is 0 Å². The molecule has 25 heavy (non-hydrogen) atoms. The summed E-state index contributed by atoms with van der Waals surface area (Å²) in [5.74, 6) is 0.510. The molecule has 1 N–H and O–H groups in total. The number of amides is 1. The molecule has 6 nitrogen and oxygen atoms in total. The van der Waals surface area contributed by atoms with Crippen LogP contribution in [0.1, 0.15) is 12.8 Å². The van der Waals surface area contributed by atoms with Gasteiger partial charge in [0.25, 0.3) is 0 Å². The average molecular weight is 362 g/mol. The summed E-state index contributed by atoms with van der Waals surface area (Å²) >= 11 is 0. The third kappa shape index (κ3) is 4.11. The molecule has 1 atom stereocenters. The third-order valence-electron chi connectivity index (χ3n) is 4.34. The quantitative estimate of drug-likeness (QED) is 0.795. The summed E-state index contributed by atoms with van der Waals surface area (Å²) in [7, 11) is -3.35. The Labute approximate surface area is 147 Å². The first-order valence-electron chi connectivity index (χ1n) is 8.32. The van der Waals surface area contributed by atoms with Crippen LogP contribution >= 0.6 is 0 Å². The van der Waals surface area contributed by atoms with Crippen LogP contribution in [0, 0.1) is 0 Å². The summed E-state index contributed by atoms with van der Waals surface area (Å²) in [5, 5.41) is 4.89. The molecule has 2 aromatic rings. The molecule has 3 rings (SSSR count). The Morgan fingerprint density at radius 1 is 1.24 bits per heavy atom. The molecule has 2 aromatic carbocycles. The van der Waals surface area contributed by atoms with E-state index in [1.807, 2.05) is 42.5 Å². The summed E-state index contributed by atoms with van der Waals surface area (Å²) < 4.78 is 30.5. The van der Waals surface area contributed by atoms with Crippen LogP contribution in [0.3, 0.4) is 0 Å². The van der Waals surface area contributed by atoms with Crippen molar-refractivity contribution in [1.82, 2.24) is 9.62 Å². The van der Waals surface area contributed by atoms with Crippen LogP contribution in [-0.4, -0.2) is 50.6 Å². The fraction of sp³-hybridized carbons (Fsp3) is 0.389. The lowest BCUT2D eigenvalue weighted by molar-refractivity contribution is -0.124. The van der Waals surface area contributed by atoms with Crippen molar-refractivity contribution in [2.45, 2.75) is 18.9 Å². The summed E-state index contributed by atoms with van der Waals surface area (Å²) in [4.78, 5) is 12.3. The normalized spacial score (nSPS) is 18.4. The van der Waals surface area contributed by atoms with E-state index in [0.29, 0.717) is 32.5 Å². The maximum absolute atomic E-state index is 12.3. The number of rotatable bonds is 6. The Kier molecular flexibility index (Phi) is 5.24. The molecule has 1 amide bonds. The first kappa shape index (κ1) is 17.7. The van der Waals surface area contributed by atoms with Crippen LogP contribution in [-0.2, 0) is 14.8 Å². The molecule has 7 heteroatoms. The monoisotopic (exact) mass is 362 g/mol. The number of carbonyl (C=O) groups excluding carboxylic acids is 1. The molecule has 1 saturated heterocycles. The highest BCUT2D eigenvalue weighted by atomic mass is 32.2. The van der Waals surface area contributed by atoms with E-state index in [-0.39, 0.29) is 5.91 Å². The van der Waals surface area contributed by atoms with E-state index in [4.69, 9.17) is 4.74 Å². The van der Waals surface area contributed by atoms with Crippen molar-refractivity contribution in [2.24, 2.45) is 0 Å². The molecule has 0 bridgehead atoms. The zero-order valence-electron chi connectivity index (χ0n) is 14.1. The molecule has 1 heterocycles. The highest BCUT2D eigenvalue weighted by molar-refractivity contribution is 7.88. The van der Waals surface area contributed by atoms with Gasteiger partial charge in [0, 0.05) is 11.9 Å². The molecule has 1 unspecified atom stereocenters. The fourth-order valence-electron chi connectivity index (χ4n) is 3.17. The van der Waals surface area contributed by atoms with E-state index < -0.39 is 16.1 Å². The van der Waals surface area contributed by atoms with Crippen molar-refractivity contribution in [3.63, 3.8) is 0 Å². The highest BCUT2D eigenvalue weighted by Gasteiger charge is 2.36. The maximum Gasteiger partial charge on any atom is 0.238 e. The number of ether oxygens (including phenoxy) is 1. The van der Waals surface area contributed by atoms with E-state index in [2.05, 4.69) is 5.32 Å². The lowest BCUT2D eigenvalue weighted by Gasteiger charge is -2.21. The van der Waals surface area contributed by atoms with Gasteiger partial charge in [-0.2, -0.15) is 4.31 Å². The molecule has 1 aliphatic rings. The number of carbonyl (C=O) groups is 1. The van der Waals surface area contributed by atoms with Crippen LogP contribution in [0.2, 0.25) is 0 Å². The average Bonchev–Trinajstić information content (AvgIpc) is 3.09. The smallest absolute Gasteiger partial charge is 0.238 e. The number of sulfonamides is 1. The van der Waals surface area contributed by atoms with Crippen molar-refractivity contribution in [1.29, 1.82) is 0 Å². The second-order valence-electron chi connectivity index (χ2n) is 6.15. The van der Waals surface area contributed by atoms with Crippen molar-refractivity contribution in [3.8, 4) is 5.75 Å². The van der Waals surface area contributed by atoms with Crippen LogP contribution < -0.4 is 10.1 Å². The molecule has 0 aliphatic carbocycles. The predicted octanol–water partition coefficient (Wildman–Crippen LogP) is 1.76. The first-order valence-corrected chi connectivity index (χ1v) is 10.2. The number of nitrogens with one attached hydrogen (secondary N) is 1. The fourth-order valence-corrected chi connectivity index (χ4v) is 4.30. The molecule has 1 aliphatic heterocycles. The van der Waals surface area contributed by atoms with Gasteiger partial charge in [-0.15, -0.1) is 0 Å². The molecular formula is C18H22N2O4S. The van der Waals surface area contributed by atoms with Crippen molar-refractivity contribution < 1.29 is 17.9 Å². The number of hydrogen-bond donors (Lipinski definition) is 1. The summed E-state index contributed by atoms with van der Waals surface area (Å²) in [6.07, 6.45) is 2.41. The maximum atomic E-state index is 12.3. The summed E-state index contributed by atoms with van der Waals surface area (Å²) in [6.45, 7) is 1.06. The van der Waals surface area contributed by atoms with Crippen LogP contribution in [0.5, 0.6) is 5.75 Å². The topological polar surface area (TPSA) is 75.7 Å². The molecule has 134 valence electrons. The molecule has 0 radical (unpaired) electrons. The Morgan fingerprint density at radius 2 is 2.00 bits per heavy atom. The van der Waals surface area contributed by atoms with Crippen molar-refractivity contribution in [3.05, 3.63) is 42.5 Å². The Bertz CT molecular complexity index is 861. The Hall–Kier alpha value is -2.12. The molecular weight excluding hydrogens is 340 g/mol. The minimum Gasteiger partial charge on any atom is -0.491 e. The SMILES string of the molecule is CS(=O)(=O)N1CCCC1C(=O)NCCOc1cccc2ccccc12. The Morgan fingerprint density at radius 3 is 2.80 bits per heavy atom. The van der Waals surface area contributed by atoms with Gasteiger partial charge in [0.15, 0.2) is 0 Å².